The number of benzene rings is 1. The molecule has 2 heterocycles. The molecule has 25 heavy (non-hydrogen) atoms. The molecule has 4 nitrogen and oxygen atoms in total. The molecule has 3 rings (SSSR count). The van der Waals surface area contributed by atoms with E-state index < -0.39 is 0 Å². The van der Waals surface area contributed by atoms with Crippen molar-refractivity contribution in [2.75, 3.05) is 25.0 Å². The van der Waals surface area contributed by atoms with Crippen molar-refractivity contribution in [2.24, 2.45) is 5.92 Å². The SMILES string of the molecule is C[C@@H](c1ccccc1)N(C)CCC1CCC(=O)N(c2ccccn2)C1. The summed E-state index contributed by atoms with van der Waals surface area (Å²) in [6, 6.07) is 16.8. The van der Waals surface area contributed by atoms with E-state index in [1.165, 1.54) is 5.56 Å². The smallest absolute Gasteiger partial charge is 0.228 e. The highest BCUT2D eigenvalue weighted by molar-refractivity contribution is 5.93. The number of rotatable bonds is 6. The molecule has 2 aromatic rings. The molecular weight excluding hydrogens is 310 g/mol. The Morgan fingerprint density at radius 3 is 2.68 bits per heavy atom. The van der Waals surface area contributed by atoms with Crippen LogP contribution in [0.5, 0.6) is 0 Å². The van der Waals surface area contributed by atoms with E-state index in [2.05, 4.69) is 54.2 Å². The van der Waals surface area contributed by atoms with Gasteiger partial charge in [0.2, 0.25) is 5.91 Å². The van der Waals surface area contributed by atoms with E-state index in [-0.39, 0.29) is 5.91 Å². The summed E-state index contributed by atoms with van der Waals surface area (Å²) in [5.41, 5.74) is 1.35. The predicted molar refractivity (Wildman–Crippen MR) is 101 cm³/mol. The van der Waals surface area contributed by atoms with Gasteiger partial charge in [0.25, 0.3) is 0 Å². The van der Waals surface area contributed by atoms with Gasteiger partial charge in [-0.15, -0.1) is 0 Å². The van der Waals surface area contributed by atoms with Crippen molar-refractivity contribution in [3.05, 3.63) is 60.3 Å². The standard InChI is InChI=1S/C21H27N3O/c1-17(19-8-4-3-5-9-19)23(2)15-13-18-11-12-21(25)24(16-18)20-10-6-7-14-22-20/h3-10,14,17-18H,11-13,15-16H2,1-2H3/t17-,18?/m0/s1. The van der Waals surface area contributed by atoms with Crippen LogP contribution in [0.25, 0.3) is 0 Å². The predicted octanol–water partition coefficient (Wildman–Crippen LogP) is 3.91. The molecule has 132 valence electrons. The minimum atomic E-state index is 0.195. The first-order valence-electron chi connectivity index (χ1n) is 9.11. The van der Waals surface area contributed by atoms with E-state index in [0.717, 1.165) is 31.7 Å². The summed E-state index contributed by atoms with van der Waals surface area (Å²) >= 11 is 0. The molecule has 0 N–H and O–H groups in total. The summed E-state index contributed by atoms with van der Waals surface area (Å²) in [4.78, 5) is 20.8. The second-order valence-electron chi connectivity index (χ2n) is 6.95. The third kappa shape index (κ3) is 4.45. The van der Waals surface area contributed by atoms with Crippen molar-refractivity contribution in [3.63, 3.8) is 0 Å². The van der Waals surface area contributed by atoms with Crippen molar-refractivity contribution < 1.29 is 4.79 Å². The minimum Gasteiger partial charge on any atom is -0.300 e. The summed E-state index contributed by atoms with van der Waals surface area (Å²) in [5, 5.41) is 0. The van der Waals surface area contributed by atoms with Crippen molar-refractivity contribution >= 4 is 11.7 Å². The van der Waals surface area contributed by atoms with Crippen molar-refractivity contribution in [3.8, 4) is 0 Å². The Hall–Kier alpha value is -2.20. The number of pyridine rings is 1. The van der Waals surface area contributed by atoms with E-state index in [9.17, 15) is 4.79 Å². The molecule has 0 spiro atoms. The first-order valence-corrected chi connectivity index (χ1v) is 9.11. The van der Waals surface area contributed by atoms with Gasteiger partial charge in [-0.1, -0.05) is 36.4 Å². The maximum atomic E-state index is 12.2. The topological polar surface area (TPSA) is 36.4 Å². The maximum Gasteiger partial charge on any atom is 0.228 e. The molecule has 0 aliphatic carbocycles. The van der Waals surface area contributed by atoms with Crippen LogP contribution in [0.15, 0.2) is 54.7 Å². The fraction of sp³-hybridized carbons (Fsp3) is 0.429. The second kappa shape index (κ2) is 8.26. The van der Waals surface area contributed by atoms with Gasteiger partial charge in [0.05, 0.1) is 0 Å². The first kappa shape index (κ1) is 17.6. The third-order valence-corrected chi connectivity index (χ3v) is 5.27. The monoisotopic (exact) mass is 337 g/mol. The molecule has 1 amide bonds. The van der Waals surface area contributed by atoms with E-state index in [0.29, 0.717) is 18.4 Å². The molecule has 0 bridgehead atoms. The Bertz CT molecular complexity index is 674. The lowest BCUT2D eigenvalue weighted by atomic mass is 9.93. The number of piperidine rings is 1. The molecule has 4 heteroatoms. The van der Waals surface area contributed by atoms with Gasteiger partial charge >= 0.3 is 0 Å². The van der Waals surface area contributed by atoms with Crippen molar-refractivity contribution in [1.82, 2.24) is 9.88 Å². The van der Waals surface area contributed by atoms with Gasteiger partial charge in [0.1, 0.15) is 5.82 Å². The van der Waals surface area contributed by atoms with E-state index in [4.69, 9.17) is 0 Å². The zero-order valence-electron chi connectivity index (χ0n) is 15.1. The number of hydrogen-bond donors (Lipinski definition) is 0. The van der Waals surface area contributed by atoms with E-state index >= 15 is 0 Å². The van der Waals surface area contributed by atoms with Crippen LogP contribution in [0, 0.1) is 5.92 Å². The number of carbonyl (C=O) groups excluding carboxylic acids is 1. The zero-order valence-corrected chi connectivity index (χ0v) is 15.1. The number of hydrogen-bond acceptors (Lipinski definition) is 3. The Labute approximate surface area is 150 Å². The normalized spacial score (nSPS) is 19.2. The van der Waals surface area contributed by atoms with Crippen LogP contribution in [-0.4, -0.2) is 35.9 Å². The molecule has 0 radical (unpaired) electrons. The molecule has 1 aliphatic rings. The van der Waals surface area contributed by atoms with Crippen LogP contribution in [0.2, 0.25) is 0 Å². The number of amides is 1. The average Bonchev–Trinajstić information content (AvgIpc) is 2.68. The molecule has 1 fully saturated rings. The highest BCUT2D eigenvalue weighted by Gasteiger charge is 2.27. The van der Waals surface area contributed by atoms with Crippen LogP contribution in [0.4, 0.5) is 5.82 Å². The largest absolute Gasteiger partial charge is 0.300 e. The lowest BCUT2D eigenvalue weighted by Gasteiger charge is -2.33. The molecule has 1 saturated heterocycles. The van der Waals surface area contributed by atoms with Gasteiger partial charge in [-0.25, -0.2) is 4.98 Å². The average molecular weight is 337 g/mol. The van der Waals surface area contributed by atoms with E-state index in [1.54, 1.807) is 6.20 Å². The summed E-state index contributed by atoms with van der Waals surface area (Å²) in [6.45, 7) is 4.06. The third-order valence-electron chi connectivity index (χ3n) is 5.27. The van der Waals surface area contributed by atoms with Gasteiger partial charge in [0.15, 0.2) is 0 Å². The van der Waals surface area contributed by atoms with Gasteiger partial charge in [0, 0.05) is 25.2 Å². The Kier molecular flexibility index (Phi) is 5.82. The molecule has 2 atom stereocenters. The van der Waals surface area contributed by atoms with Gasteiger partial charge < -0.3 is 0 Å². The molecular formula is C21H27N3O. The molecule has 1 aliphatic heterocycles. The van der Waals surface area contributed by atoms with Gasteiger partial charge in [-0.05, 0) is 57.0 Å². The number of anilines is 1. The van der Waals surface area contributed by atoms with Crippen LogP contribution in [-0.2, 0) is 4.79 Å². The molecule has 1 aromatic carbocycles. The van der Waals surface area contributed by atoms with Crippen LogP contribution >= 0.6 is 0 Å². The van der Waals surface area contributed by atoms with Crippen LogP contribution < -0.4 is 4.90 Å². The number of carbonyl (C=O) groups is 1. The van der Waals surface area contributed by atoms with Crippen molar-refractivity contribution in [2.45, 2.75) is 32.2 Å². The van der Waals surface area contributed by atoms with Crippen molar-refractivity contribution in [1.29, 1.82) is 0 Å². The fourth-order valence-electron chi connectivity index (χ4n) is 3.45. The minimum absolute atomic E-state index is 0.195. The Morgan fingerprint density at radius 1 is 1.20 bits per heavy atom. The lowest BCUT2D eigenvalue weighted by Crippen LogP contribution is -2.41. The summed E-state index contributed by atoms with van der Waals surface area (Å²) in [7, 11) is 2.18. The number of nitrogens with zero attached hydrogens (tertiary/aromatic N) is 3. The van der Waals surface area contributed by atoms with Gasteiger partial charge in [-0.2, -0.15) is 0 Å². The highest BCUT2D eigenvalue weighted by atomic mass is 16.2. The molecule has 1 unspecified atom stereocenters. The van der Waals surface area contributed by atoms with E-state index in [1.807, 2.05) is 23.1 Å². The molecule has 0 saturated carbocycles. The first-order chi connectivity index (χ1) is 12.1. The lowest BCUT2D eigenvalue weighted by molar-refractivity contribution is -0.120. The Balaban J connectivity index is 1.55. The summed E-state index contributed by atoms with van der Waals surface area (Å²) in [6.07, 6.45) is 4.46. The second-order valence-corrected chi connectivity index (χ2v) is 6.95. The Morgan fingerprint density at radius 2 is 1.96 bits per heavy atom. The number of aromatic nitrogens is 1. The zero-order chi connectivity index (χ0) is 17.6. The quantitative estimate of drug-likeness (QED) is 0.802. The maximum absolute atomic E-state index is 12.2. The summed E-state index contributed by atoms with van der Waals surface area (Å²) < 4.78 is 0. The highest BCUT2D eigenvalue weighted by Crippen LogP contribution is 2.26. The summed E-state index contributed by atoms with van der Waals surface area (Å²) in [5.74, 6) is 1.51. The fourth-order valence-corrected chi connectivity index (χ4v) is 3.45. The van der Waals surface area contributed by atoms with Crippen LogP contribution in [0.3, 0.4) is 0 Å². The van der Waals surface area contributed by atoms with Gasteiger partial charge in [-0.3, -0.25) is 14.6 Å². The molecule has 1 aromatic heterocycles. The van der Waals surface area contributed by atoms with Crippen LogP contribution in [0.1, 0.15) is 37.8 Å².